The molecule has 1 atom stereocenters. The van der Waals surface area contributed by atoms with Crippen molar-refractivity contribution in [2.45, 2.75) is 6.10 Å². The Hall–Kier alpha value is -2.14. The van der Waals surface area contributed by atoms with E-state index in [2.05, 4.69) is 10.1 Å². The van der Waals surface area contributed by atoms with Crippen molar-refractivity contribution in [3.8, 4) is 0 Å². The van der Waals surface area contributed by atoms with E-state index in [9.17, 15) is 5.11 Å². The van der Waals surface area contributed by atoms with Crippen LogP contribution < -0.4 is 0 Å². The molecule has 3 aromatic rings. The van der Waals surface area contributed by atoms with Gasteiger partial charge in [-0.05, 0) is 24.3 Å². The van der Waals surface area contributed by atoms with E-state index in [4.69, 9.17) is 0 Å². The molecule has 0 amide bonds. The molecule has 0 fully saturated rings. The summed E-state index contributed by atoms with van der Waals surface area (Å²) in [6, 6.07) is 7.60. The van der Waals surface area contributed by atoms with Crippen LogP contribution in [0.4, 0.5) is 0 Å². The first kappa shape index (κ1) is 11.0. The predicted octanol–water partition coefficient (Wildman–Crippen LogP) is 1.39. The van der Waals surface area contributed by atoms with Gasteiger partial charge in [0.2, 0.25) is 0 Å². The van der Waals surface area contributed by atoms with Crippen molar-refractivity contribution in [2.75, 3.05) is 0 Å². The highest BCUT2D eigenvalue weighted by molar-refractivity contribution is 5.77. The van der Waals surface area contributed by atoms with E-state index in [1.165, 1.54) is 0 Å². The summed E-state index contributed by atoms with van der Waals surface area (Å²) >= 11 is 0. The summed E-state index contributed by atoms with van der Waals surface area (Å²) in [6.07, 6.45) is 2.74. The summed E-state index contributed by atoms with van der Waals surface area (Å²) < 4.78 is 3.63. The lowest BCUT2D eigenvalue weighted by Gasteiger charge is -2.12. The molecule has 18 heavy (non-hydrogen) atoms. The fourth-order valence-corrected chi connectivity index (χ4v) is 2.25. The molecule has 3 heterocycles. The van der Waals surface area contributed by atoms with Crippen molar-refractivity contribution < 1.29 is 5.11 Å². The van der Waals surface area contributed by atoms with Gasteiger partial charge in [-0.3, -0.25) is 9.67 Å². The standard InChI is InChI=1S/C13H14N4O/c1-16-10-4-3-6-14-9(10)8-12(16)13(18)11-5-7-15-17(11)2/h3-8,13,18H,1-2H3. The first-order valence-corrected chi connectivity index (χ1v) is 5.75. The molecule has 3 aromatic heterocycles. The van der Waals surface area contributed by atoms with E-state index < -0.39 is 6.10 Å². The first-order chi connectivity index (χ1) is 8.68. The fraction of sp³-hybridized carbons (Fsp3) is 0.231. The van der Waals surface area contributed by atoms with Gasteiger partial charge in [-0.15, -0.1) is 0 Å². The molecule has 3 rings (SSSR count). The van der Waals surface area contributed by atoms with Gasteiger partial charge in [-0.2, -0.15) is 5.10 Å². The molecule has 1 N–H and O–H groups in total. The van der Waals surface area contributed by atoms with E-state index >= 15 is 0 Å². The number of fused-ring (bicyclic) bond motifs is 1. The molecule has 0 saturated heterocycles. The lowest BCUT2D eigenvalue weighted by molar-refractivity contribution is 0.202. The minimum atomic E-state index is -0.698. The van der Waals surface area contributed by atoms with Crippen LogP contribution in [0.1, 0.15) is 17.5 Å². The number of nitrogens with zero attached hydrogens (tertiary/aromatic N) is 4. The molecule has 0 aromatic carbocycles. The van der Waals surface area contributed by atoms with Crippen LogP contribution in [0.25, 0.3) is 11.0 Å². The van der Waals surface area contributed by atoms with E-state index in [1.807, 2.05) is 42.9 Å². The maximum absolute atomic E-state index is 10.4. The van der Waals surface area contributed by atoms with Crippen LogP contribution in [0.15, 0.2) is 36.7 Å². The fourth-order valence-electron chi connectivity index (χ4n) is 2.25. The third kappa shape index (κ3) is 1.52. The molecule has 5 nitrogen and oxygen atoms in total. The average molecular weight is 242 g/mol. The maximum Gasteiger partial charge on any atom is 0.135 e. The number of aliphatic hydroxyl groups excluding tert-OH is 1. The van der Waals surface area contributed by atoms with E-state index in [0.717, 1.165) is 22.4 Å². The van der Waals surface area contributed by atoms with Gasteiger partial charge >= 0.3 is 0 Å². The molecular weight excluding hydrogens is 228 g/mol. The molecule has 92 valence electrons. The van der Waals surface area contributed by atoms with Gasteiger partial charge < -0.3 is 9.67 Å². The zero-order valence-electron chi connectivity index (χ0n) is 10.3. The Morgan fingerprint density at radius 3 is 2.67 bits per heavy atom. The second-order valence-electron chi connectivity index (χ2n) is 4.32. The highest BCUT2D eigenvalue weighted by Gasteiger charge is 2.18. The van der Waals surface area contributed by atoms with E-state index in [0.29, 0.717) is 0 Å². The van der Waals surface area contributed by atoms with Crippen LogP contribution in [-0.4, -0.2) is 24.4 Å². The second-order valence-corrected chi connectivity index (χ2v) is 4.32. The monoisotopic (exact) mass is 242 g/mol. The summed E-state index contributed by atoms with van der Waals surface area (Å²) in [7, 11) is 3.75. The number of pyridine rings is 1. The predicted molar refractivity (Wildman–Crippen MR) is 68.0 cm³/mol. The van der Waals surface area contributed by atoms with Gasteiger partial charge in [0.15, 0.2) is 0 Å². The van der Waals surface area contributed by atoms with Crippen molar-refractivity contribution in [2.24, 2.45) is 14.1 Å². The lowest BCUT2D eigenvalue weighted by Crippen LogP contribution is -2.10. The summed E-state index contributed by atoms with van der Waals surface area (Å²) in [5.41, 5.74) is 3.47. The minimum Gasteiger partial charge on any atom is -0.381 e. The summed E-state index contributed by atoms with van der Waals surface area (Å²) in [6.45, 7) is 0. The van der Waals surface area contributed by atoms with Crippen LogP contribution in [-0.2, 0) is 14.1 Å². The third-order valence-electron chi connectivity index (χ3n) is 3.27. The molecule has 0 aliphatic carbocycles. The molecule has 0 bridgehead atoms. The Bertz CT molecular complexity index is 698. The molecular formula is C13H14N4O. The summed E-state index contributed by atoms with van der Waals surface area (Å²) in [5, 5.41) is 14.5. The van der Waals surface area contributed by atoms with Gasteiger partial charge in [0.1, 0.15) is 6.10 Å². The largest absolute Gasteiger partial charge is 0.381 e. The number of aryl methyl sites for hydroxylation is 2. The van der Waals surface area contributed by atoms with Crippen molar-refractivity contribution in [3.05, 3.63) is 48.0 Å². The van der Waals surface area contributed by atoms with E-state index in [1.54, 1.807) is 17.1 Å². The quantitative estimate of drug-likeness (QED) is 0.738. The smallest absolute Gasteiger partial charge is 0.135 e. The molecule has 5 heteroatoms. The van der Waals surface area contributed by atoms with Crippen LogP contribution >= 0.6 is 0 Å². The van der Waals surface area contributed by atoms with Gasteiger partial charge in [-0.25, -0.2) is 0 Å². The van der Waals surface area contributed by atoms with Crippen molar-refractivity contribution in [1.29, 1.82) is 0 Å². The first-order valence-electron chi connectivity index (χ1n) is 5.75. The second kappa shape index (κ2) is 3.96. The SMILES string of the molecule is Cn1nccc1C(O)c1cc2ncccc2n1C. The van der Waals surface area contributed by atoms with Crippen LogP contribution in [0.5, 0.6) is 0 Å². The van der Waals surface area contributed by atoms with Crippen molar-refractivity contribution >= 4 is 11.0 Å². The van der Waals surface area contributed by atoms with Crippen molar-refractivity contribution in [1.82, 2.24) is 19.3 Å². The normalized spacial score (nSPS) is 13.1. The molecule has 0 saturated carbocycles. The zero-order chi connectivity index (χ0) is 12.7. The van der Waals surface area contributed by atoms with Gasteiger partial charge in [0.05, 0.1) is 22.4 Å². The number of aliphatic hydroxyl groups is 1. The Balaban J connectivity index is 2.15. The minimum absolute atomic E-state index is 0.698. The van der Waals surface area contributed by atoms with Crippen LogP contribution in [0.2, 0.25) is 0 Å². The maximum atomic E-state index is 10.4. The van der Waals surface area contributed by atoms with Gasteiger partial charge in [-0.1, -0.05) is 0 Å². The lowest BCUT2D eigenvalue weighted by atomic mass is 10.2. The zero-order valence-corrected chi connectivity index (χ0v) is 10.3. The topological polar surface area (TPSA) is 55.9 Å². The average Bonchev–Trinajstić information content (AvgIpc) is 2.94. The molecule has 0 aliphatic heterocycles. The van der Waals surface area contributed by atoms with E-state index in [-0.39, 0.29) is 0 Å². The van der Waals surface area contributed by atoms with Gasteiger partial charge in [0.25, 0.3) is 0 Å². The summed E-state index contributed by atoms with van der Waals surface area (Å²) in [5.74, 6) is 0. The molecule has 0 radical (unpaired) electrons. The Labute approximate surface area is 104 Å². The highest BCUT2D eigenvalue weighted by atomic mass is 16.3. The van der Waals surface area contributed by atoms with Gasteiger partial charge in [0, 0.05) is 26.5 Å². The molecule has 0 spiro atoms. The number of rotatable bonds is 2. The Morgan fingerprint density at radius 2 is 2.00 bits per heavy atom. The Morgan fingerprint density at radius 1 is 1.17 bits per heavy atom. The number of hydrogen-bond acceptors (Lipinski definition) is 3. The molecule has 0 aliphatic rings. The van der Waals surface area contributed by atoms with Crippen LogP contribution in [0.3, 0.4) is 0 Å². The number of hydrogen-bond donors (Lipinski definition) is 1. The Kier molecular flexibility index (Phi) is 2.41. The van der Waals surface area contributed by atoms with Crippen LogP contribution in [0, 0.1) is 0 Å². The summed E-state index contributed by atoms with van der Waals surface area (Å²) in [4.78, 5) is 4.29. The number of aromatic nitrogens is 4. The van der Waals surface area contributed by atoms with Crippen molar-refractivity contribution in [3.63, 3.8) is 0 Å². The molecule has 1 unspecified atom stereocenters. The highest BCUT2D eigenvalue weighted by Crippen LogP contribution is 2.26. The third-order valence-corrected chi connectivity index (χ3v) is 3.27.